The number of carbonyl (C=O) groups is 2. The molecule has 3 rings (SSSR count). The lowest BCUT2D eigenvalue weighted by atomic mass is 9.96. The van der Waals surface area contributed by atoms with Gasteiger partial charge >= 0.3 is 0 Å². The number of hydrogen-bond donors (Lipinski definition) is 2. The van der Waals surface area contributed by atoms with E-state index < -0.39 is 6.10 Å². The van der Waals surface area contributed by atoms with Crippen molar-refractivity contribution in [1.29, 1.82) is 0 Å². The van der Waals surface area contributed by atoms with Crippen LogP contribution in [0.3, 0.4) is 0 Å². The number of hydrogen-bond acceptors (Lipinski definition) is 4. The highest BCUT2D eigenvalue weighted by Crippen LogP contribution is 2.23. The molecule has 0 spiro atoms. The SMILES string of the molecule is CC(C)(C)NC(=O)C1CCCN1CC(O)CCc1ccc2ccccc2c1C=O. The van der Waals surface area contributed by atoms with Crippen molar-refractivity contribution in [2.24, 2.45) is 0 Å². The molecule has 1 aliphatic heterocycles. The predicted molar refractivity (Wildman–Crippen MR) is 116 cm³/mol. The number of amides is 1. The van der Waals surface area contributed by atoms with Crippen LogP contribution in [0, 0.1) is 0 Å². The third-order valence-electron chi connectivity index (χ3n) is 5.54. The summed E-state index contributed by atoms with van der Waals surface area (Å²) in [6.07, 6.45) is 3.36. The van der Waals surface area contributed by atoms with Crippen LogP contribution in [-0.2, 0) is 11.2 Å². The van der Waals surface area contributed by atoms with Gasteiger partial charge in [-0.05, 0) is 69.3 Å². The number of nitrogens with zero attached hydrogens (tertiary/aromatic N) is 1. The maximum absolute atomic E-state index is 12.6. The van der Waals surface area contributed by atoms with Crippen molar-refractivity contribution in [3.05, 3.63) is 47.5 Å². The molecular weight excluding hydrogens is 364 g/mol. The van der Waals surface area contributed by atoms with Gasteiger partial charge in [-0.25, -0.2) is 0 Å². The van der Waals surface area contributed by atoms with Crippen LogP contribution in [-0.4, -0.2) is 53.0 Å². The summed E-state index contributed by atoms with van der Waals surface area (Å²) < 4.78 is 0. The first kappa shape index (κ1) is 21.5. The molecule has 0 radical (unpaired) electrons. The number of rotatable bonds is 7. The van der Waals surface area contributed by atoms with E-state index in [1.165, 1.54) is 0 Å². The van der Waals surface area contributed by atoms with E-state index >= 15 is 0 Å². The minimum Gasteiger partial charge on any atom is -0.392 e. The van der Waals surface area contributed by atoms with Gasteiger partial charge in [-0.2, -0.15) is 0 Å². The molecule has 0 saturated carbocycles. The van der Waals surface area contributed by atoms with E-state index in [1.807, 2.05) is 57.2 Å². The van der Waals surface area contributed by atoms with Crippen molar-refractivity contribution >= 4 is 23.0 Å². The summed E-state index contributed by atoms with van der Waals surface area (Å²) in [5, 5.41) is 15.7. The average Bonchev–Trinajstić information content (AvgIpc) is 3.12. The molecule has 2 N–H and O–H groups in total. The smallest absolute Gasteiger partial charge is 0.237 e. The number of carbonyl (C=O) groups excluding carboxylic acids is 2. The van der Waals surface area contributed by atoms with Gasteiger partial charge in [0.15, 0.2) is 6.29 Å². The van der Waals surface area contributed by atoms with E-state index in [-0.39, 0.29) is 17.5 Å². The lowest BCUT2D eigenvalue weighted by Gasteiger charge is -2.29. The van der Waals surface area contributed by atoms with Gasteiger partial charge in [0.05, 0.1) is 12.1 Å². The number of nitrogens with one attached hydrogen (secondary N) is 1. The maximum atomic E-state index is 12.6. The highest BCUT2D eigenvalue weighted by Gasteiger charge is 2.33. The largest absolute Gasteiger partial charge is 0.392 e. The normalized spacial score (nSPS) is 18.7. The molecule has 2 aromatic carbocycles. The molecule has 1 heterocycles. The summed E-state index contributed by atoms with van der Waals surface area (Å²) in [5.41, 5.74) is 1.41. The molecular formula is C24H32N2O3. The molecule has 1 aliphatic rings. The number of aliphatic hydroxyl groups is 1. The Morgan fingerprint density at radius 3 is 2.76 bits per heavy atom. The zero-order valence-corrected chi connectivity index (χ0v) is 17.6. The Bertz CT molecular complexity index is 872. The van der Waals surface area contributed by atoms with Crippen molar-refractivity contribution in [3.63, 3.8) is 0 Å². The summed E-state index contributed by atoms with van der Waals surface area (Å²) in [5.74, 6) is 0.0416. The number of benzene rings is 2. The number of aryl methyl sites for hydroxylation is 1. The summed E-state index contributed by atoms with van der Waals surface area (Å²) in [4.78, 5) is 26.3. The first-order valence-electron chi connectivity index (χ1n) is 10.5. The van der Waals surface area contributed by atoms with Crippen LogP contribution >= 0.6 is 0 Å². The van der Waals surface area contributed by atoms with Gasteiger partial charge in [0.2, 0.25) is 5.91 Å². The Labute approximate surface area is 173 Å². The summed E-state index contributed by atoms with van der Waals surface area (Å²) in [6.45, 7) is 7.24. The minimum absolute atomic E-state index is 0.0416. The number of likely N-dealkylation sites (tertiary alicyclic amines) is 1. The van der Waals surface area contributed by atoms with E-state index in [0.29, 0.717) is 24.9 Å². The third kappa shape index (κ3) is 5.43. The second-order valence-electron chi connectivity index (χ2n) is 9.06. The van der Waals surface area contributed by atoms with Crippen LogP contribution in [0.15, 0.2) is 36.4 Å². The van der Waals surface area contributed by atoms with Gasteiger partial charge in [-0.15, -0.1) is 0 Å². The van der Waals surface area contributed by atoms with Crippen molar-refractivity contribution in [2.75, 3.05) is 13.1 Å². The summed E-state index contributed by atoms with van der Waals surface area (Å²) in [7, 11) is 0. The van der Waals surface area contributed by atoms with Gasteiger partial charge in [0.25, 0.3) is 0 Å². The van der Waals surface area contributed by atoms with Crippen LogP contribution in [0.4, 0.5) is 0 Å². The number of aliphatic hydroxyl groups excluding tert-OH is 1. The second-order valence-corrected chi connectivity index (χ2v) is 9.06. The van der Waals surface area contributed by atoms with Gasteiger partial charge in [0.1, 0.15) is 0 Å². The molecule has 1 amide bonds. The fourth-order valence-electron chi connectivity index (χ4n) is 4.18. The average molecular weight is 397 g/mol. The van der Waals surface area contributed by atoms with E-state index in [9.17, 15) is 14.7 Å². The maximum Gasteiger partial charge on any atom is 0.237 e. The Kier molecular flexibility index (Phi) is 6.70. The molecule has 0 aliphatic carbocycles. The topological polar surface area (TPSA) is 69.6 Å². The Morgan fingerprint density at radius 2 is 2.03 bits per heavy atom. The molecule has 0 aromatic heterocycles. The van der Waals surface area contributed by atoms with Gasteiger partial charge in [-0.3, -0.25) is 14.5 Å². The van der Waals surface area contributed by atoms with Gasteiger partial charge < -0.3 is 10.4 Å². The fourth-order valence-corrected chi connectivity index (χ4v) is 4.18. The van der Waals surface area contributed by atoms with Crippen LogP contribution in [0.25, 0.3) is 10.8 Å². The summed E-state index contributed by atoms with van der Waals surface area (Å²) in [6, 6.07) is 11.7. The van der Waals surface area contributed by atoms with Crippen LogP contribution in [0.2, 0.25) is 0 Å². The zero-order chi connectivity index (χ0) is 21.0. The lowest BCUT2D eigenvalue weighted by Crippen LogP contribution is -2.51. The molecule has 5 heteroatoms. The zero-order valence-electron chi connectivity index (χ0n) is 17.6. The number of fused-ring (bicyclic) bond motifs is 1. The fraction of sp³-hybridized carbons (Fsp3) is 0.500. The van der Waals surface area contributed by atoms with Crippen LogP contribution in [0.1, 0.15) is 56.0 Å². The lowest BCUT2D eigenvalue weighted by molar-refractivity contribution is -0.127. The molecule has 156 valence electrons. The molecule has 2 unspecified atom stereocenters. The Morgan fingerprint density at radius 1 is 1.28 bits per heavy atom. The van der Waals surface area contributed by atoms with E-state index in [4.69, 9.17) is 0 Å². The van der Waals surface area contributed by atoms with Crippen molar-refractivity contribution in [3.8, 4) is 0 Å². The monoisotopic (exact) mass is 396 g/mol. The first-order valence-corrected chi connectivity index (χ1v) is 10.5. The van der Waals surface area contributed by atoms with Crippen molar-refractivity contribution in [2.45, 2.75) is 64.1 Å². The van der Waals surface area contributed by atoms with Crippen LogP contribution < -0.4 is 5.32 Å². The number of aldehydes is 1. The van der Waals surface area contributed by atoms with E-state index in [0.717, 1.165) is 42.0 Å². The van der Waals surface area contributed by atoms with Crippen molar-refractivity contribution < 1.29 is 14.7 Å². The van der Waals surface area contributed by atoms with Crippen molar-refractivity contribution in [1.82, 2.24) is 10.2 Å². The molecule has 1 fully saturated rings. The summed E-state index contributed by atoms with van der Waals surface area (Å²) >= 11 is 0. The van der Waals surface area contributed by atoms with E-state index in [2.05, 4.69) is 10.2 Å². The predicted octanol–water partition coefficient (Wildman–Crippen LogP) is 3.32. The van der Waals surface area contributed by atoms with Gasteiger partial charge in [0, 0.05) is 17.6 Å². The van der Waals surface area contributed by atoms with Gasteiger partial charge in [-0.1, -0.05) is 36.4 Å². The molecule has 29 heavy (non-hydrogen) atoms. The minimum atomic E-state index is -0.538. The second kappa shape index (κ2) is 9.06. The Balaban J connectivity index is 1.61. The number of β-amino-alcohol motifs (C(OH)–C–C–N with tert-alkyl or cyclic N) is 1. The standard InChI is InChI=1S/C24H32N2O3/c1-24(2,3)25-23(29)22-9-6-14-26(22)15-19(28)13-12-18-11-10-17-7-4-5-8-20(17)21(18)16-27/h4-5,7-8,10-11,16,19,22,28H,6,9,12-15H2,1-3H3,(H,25,29). The first-order chi connectivity index (χ1) is 13.8. The third-order valence-corrected chi connectivity index (χ3v) is 5.54. The Hall–Kier alpha value is -2.24. The van der Waals surface area contributed by atoms with E-state index in [1.54, 1.807) is 0 Å². The molecule has 1 saturated heterocycles. The molecule has 5 nitrogen and oxygen atoms in total. The quantitative estimate of drug-likeness (QED) is 0.705. The van der Waals surface area contributed by atoms with Crippen LogP contribution in [0.5, 0.6) is 0 Å². The molecule has 0 bridgehead atoms. The highest BCUT2D eigenvalue weighted by molar-refractivity contribution is 5.99. The molecule has 2 aromatic rings. The molecule has 2 atom stereocenters. The highest BCUT2D eigenvalue weighted by atomic mass is 16.3.